The first-order valence-corrected chi connectivity index (χ1v) is 6.99. The van der Waals surface area contributed by atoms with Crippen LogP contribution in [-0.2, 0) is 17.9 Å². The van der Waals surface area contributed by atoms with Crippen LogP contribution >= 0.6 is 0 Å². The molecule has 0 aromatic heterocycles. The summed E-state index contributed by atoms with van der Waals surface area (Å²) < 4.78 is 0. The van der Waals surface area contributed by atoms with Crippen molar-refractivity contribution in [2.75, 3.05) is 26.7 Å². The molecule has 1 fully saturated rings. The lowest BCUT2D eigenvalue weighted by atomic mass is 10.1. The largest absolute Gasteiger partial charge is 0.351 e. The van der Waals surface area contributed by atoms with Crippen LogP contribution < -0.4 is 10.6 Å². The molecule has 1 saturated heterocycles. The first kappa shape index (κ1) is 14.0. The van der Waals surface area contributed by atoms with Crippen molar-refractivity contribution < 1.29 is 4.79 Å². The predicted molar refractivity (Wildman–Crippen MR) is 76.7 cm³/mol. The van der Waals surface area contributed by atoms with Crippen LogP contribution in [0.15, 0.2) is 24.3 Å². The van der Waals surface area contributed by atoms with E-state index in [4.69, 9.17) is 0 Å². The van der Waals surface area contributed by atoms with Gasteiger partial charge in [-0.05, 0) is 44.1 Å². The molecule has 0 atom stereocenters. The highest BCUT2D eigenvalue weighted by atomic mass is 16.1. The molecule has 0 unspecified atom stereocenters. The van der Waals surface area contributed by atoms with Gasteiger partial charge in [-0.15, -0.1) is 0 Å². The van der Waals surface area contributed by atoms with Crippen LogP contribution in [0, 0.1) is 0 Å². The average Bonchev–Trinajstić information content (AvgIpc) is 2.90. The molecule has 0 radical (unpaired) electrons. The fourth-order valence-corrected chi connectivity index (χ4v) is 2.46. The number of hydrogen-bond donors (Lipinski definition) is 2. The lowest BCUT2D eigenvalue weighted by molar-refractivity contribution is -0.120. The Morgan fingerprint density at radius 1 is 1.26 bits per heavy atom. The van der Waals surface area contributed by atoms with E-state index >= 15 is 0 Å². The number of rotatable bonds is 6. The Hall–Kier alpha value is -1.39. The quantitative estimate of drug-likeness (QED) is 0.806. The van der Waals surface area contributed by atoms with Gasteiger partial charge in [-0.3, -0.25) is 9.69 Å². The summed E-state index contributed by atoms with van der Waals surface area (Å²) in [4.78, 5) is 13.9. The van der Waals surface area contributed by atoms with Crippen molar-refractivity contribution >= 4 is 5.91 Å². The van der Waals surface area contributed by atoms with Crippen LogP contribution in [0.4, 0.5) is 0 Å². The highest BCUT2D eigenvalue weighted by molar-refractivity contribution is 5.77. The molecule has 0 bridgehead atoms. The molecule has 0 aliphatic carbocycles. The number of nitrogens with zero attached hydrogens (tertiary/aromatic N) is 1. The third-order valence-corrected chi connectivity index (χ3v) is 3.42. The molecule has 4 nitrogen and oxygen atoms in total. The molecule has 2 N–H and O–H groups in total. The normalized spacial score (nSPS) is 15.6. The maximum absolute atomic E-state index is 11.4. The van der Waals surface area contributed by atoms with E-state index in [1.165, 1.54) is 37.1 Å². The summed E-state index contributed by atoms with van der Waals surface area (Å²) in [5.74, 6) is 0.0347. The minimum absolute atomic E-state index is 0.0347. The molecule has 1 amide bonds. The van der Waals surface area contributed by atoms with Crippen LogP contribution in [0.5, 0.6) is 0 Å². The second kappa shape index (κ2) is 7.26. The van der Waals surface area contributed by atoms with E-state index in [0.29, 0.717) is 13.1 Å². The summed E-state index contributed by atoms with van der Waals surface area (Å²) in [7, 11) is 1.77. The number of nitrogens with one attached hydrogen (secondary N) is 2. The number of benzene rings is 1. The third-order valence-electron chi connectivity index (χ3n) is 3.42. The van der Waals surface area contributed by atoms with Crippen molar-refractivity contribution in [3.8, 4) is 0 Å². The Kier molecular flexibility index (Phi) is 5.36. The van der Waals surface area contributed by atoms with Gasteiger partial charge < -0.3 is 10.6 Å². The molecule has 1 heterocycles. The topological polar surface area (TPSA) is 44.4 Å². The van der Waals surface area contributed by atoms with Crippen molar-refractivity contribution in [2.24, 2.45) is 0 Å². The second-order valence-corrected chi connectivity index (χ2v) is 5.11. The number of carbonyl (C=O) groups is 1. The molecule has 0 spiro atoms. The Morgan fingerprint density at radius 3 is 2.74 bits per heavy atom. The second-order valence-electron chi connectivity index (χ2n) is 5.11. The lowest BCUT2D eigenvalue weighted by Gasteiger charge is -2.15. The molecule has 1 aliphatic rings. The van der Waals surface area contributed by atoms with Gasteiger partial charge in [0, 0.05) is 13.1 Å². The van der Waals surface area contributed by atoms with E-state index in [-0.39, 0.29) is 5.91 Å². The Labute approximate surface area is 115 Å². The van der Waals surface area contributed by atoms with Crippen LogP contribution in [0.3, 0.4) is 0 Å². The van der Waals surface area contributed by atoms with E-state index in [2.05, 4.69) is 39.8 Å². The Morgan fingerprint density at radius 2 is 2.00 bits per heavy atom. The van der Waals surface area contributed by atoms with E-state index < -0.39 is 0 Å². The van der Waals surface area contributed by atoms with E-state index in [0.717, 1.165) is 6.54 Å². The van der Waals surface area contributed by atoms with Crippen molar-refractivity contribution in [2.45, 2.75) is 25.9 Å². The van der Waals surface area contributed by atoms with E-state index in [1.54, 1.807) is 7.05 Å². The van der Waals surface area contributed by atoms with Gasteiger partial charge in [-0.1, -0.05) is 24.3 Å². The number of hydrogen-bond acceptors (Lipinski definition) is 3. The van der Waals surface area contributed by atoms with Gasteiger partial charge in [-0.25, -0.2) is 0 Å². The molecule has 2 rings (SSSR count). The minimum Gasteiger partial charge on any atom is -0.351 e. The van der Waals surface area contributed by atoms with E-state index in [9.17, 15) is 4.79 Å². The summed E-state index contributed by atoms with van der Waals surface area (Å²) in [5, 5.41) is 5.75. The Balaban J connectivity index is 1.85. The van der Waals surface area contributed by atoms with Gasteiger partial charge in [-0.2, -0.15) is 0 Å². The van der Waals surface area contributed by atoms with Gasteiger partial charge in [0.05, 0.1) is 6.54 Å². The zero-order valence-electron chi connectivity index (χ0n) is 11.6. The van der Waals surface area contributed by atoms with Crippen molar-refractivity contribution in [1.29, 1.82) is 0 Å². The highest BCUT2D eigenvalue weighted by Crippen LogP contribution is 2.13. The predicted octanol–water partition coefficient (Wildman–Crippen LogP) is 1.12. The smallest absolute Gasteiger partial charge is 0.234 e. The minimum atomic E-state index is 0.0347. The lowest BCUT2D eigenvalue weighted by Crippen LogP contribution is -2.31. The number of likely N-dealkylation sites (N-methyl/N-ethyl adjacent to an activating group) is 1. The summed E-state index contributed by atoms with van der Waals surface area (Å²) >= 11 is 0. The number of carbonyl (C=O) groups excluding carboxylic acids is 1. The number of amides is 1. The average molecular weight is 261 g/mol. The zero-order valence-corrected chi connectivity index (χ0v) is 11.6. The maximum atomic E-state index is 11.4. The van der Waals surface area contributed by atoms with Gasteiger partial charge in [0.1, 0.15) is 0 Å². The molecule has 1 aromatic rings. The van der Waals surface area contributed by atoms with Gasteiger partial charge in [0.25, 0.3) is 0 Å². The van der Waals surface area contributed by atoms with Crippen molar-refractivity contribution in [3.05, 3.63) is 35.4 Å². The monoisotopic (exact) mass is 261 g/mol. The van der Waals surface area contributed by atoms with Gasteiger partial charge in [0.2, 0.25) is 5.91 Å². The van der Waals surface area contributed by atoms with Gasteiger partial charge in [0.15, 0.2) is 0 Å². The molecule has 1 aromatic carbocycles. The number of likely N-dealkylation sites (tertiary alicyclic amines) is 1. The fourth-order valence-electron chi connectivity index (χ4n) is 2.46. The summed E-state index contributed by atoms with van der Waals surface area (Å²) in [6.07, 6.45) is 2.64. The van der Waals surface area contributed by atoms with Crippen LogP contribution in [0.1, 0.15) is 24.0 Å². The van der Waals surface area contributed by atoms with Crippen LogP contribution in [-0.4, -0.2) is 37.5 Å². The Bertz CT molecular complexity index is 414. The summed E-state index contributed by atoms with van der Waals surface area (Å²) in [5.41, 5.74) is 2.50. The molecule has 0 saturated carbocycles. The zero-order chi connectivity index (χ0) is 13.5. The maximum Gasteiger partial charge on any atom is 0.234 e. The molecular weight excluding hydrogens is 238 g/mol. The first-order valence-electron chi connectivity index (χ1n) is 6.99. The van der Waals surface area contributed by atoms with E-state index in [1.807, 2.05) is 0 Å². The SMILES string of the molecule is CNCC(=O)NCc1cccc(CN2CCCC2)c1. The van der Waals surface area contributed by atoms with Gasteiger partial charge >= 0.3 is 0 Å². The molecule has 19 heavy (non-hydrogen) atoms. The molecule has 1 aliphatic heterocycles. The summed E-state index contributed by atoms with van der Waals surface area (Å²) in [6, 6.07) is 8.49. The van der Waals surface area contributed by atoms with Crippen LogP contribution in [0.2, 0.25) is 0 Å². The first-order chi connectivity index (χ1) is 9.28. The van der Waals surface area contributed by atoms with Crippen LogP contribution in [0.25, 0.3) is 0 Å². The summed E-state index contributed by atoms with van der Waals surface area (Å²) in [6.45, 7) is 4.42. The molecule has 104 valence electrons. The standard InChI is InChI=1S/C15H23N3O/c1-16-11-15(19)17-10-13-5-4-6-14(9-13)12-18-7-2-3-8-18/h4-6,9,16H,2-3,7-8,10-12H2,1H3,(H,17,19). The molecular formula is C15H23N3O. The third kappa shape index (κ3) is 4.65. The van der Waals surface area contributed by atoms with Crippen molar-refractivity contribution in [1.82, 2.24) is 15.5 Å². The van der Waals surface area contributed by atoms with Crippen molar-refractivity contribution in [3.63, 3.8) is 0 Å². The highest BCUT2D eigenvalue weighted by Gasteiger charge is 2.11. The fraction of sp³-hybridized carbons (Fsp3) is 0.533. The molecule has 4 heteroatoms.